The Bertz CT molecular complexity index is 561. The Kier molecular flexibility index (Phi) is 3.74. The maximum absolute atomic E-state index is 10.9. The summed E-state index contributed by atoms with van der Waals surface area (Å²) in [6.45, 7) is 0.453. The van der Waals surface area contributed by atoms with Crippen LogP contribution in [0.2, 0.25) is 5.02 Å². The minimum Gasteiger partial charge on any atom is -0.375 e. The number of aromatic nitrogens is 1. The van der Waals surface area contributed by atoms with Crippen molar-refractivity contribution in [2.24, 2.45) is 0 Å². The Morgan fingerprint density at radius 2 is 2.17 bits per heavy atom. The van der Waals surface area contributed by atoms with Crippen molar-refractivity contribution in [3.05, 3.63) is 63.4 Å². The molecule has 5 nitrogen and oxygen atoms in total. The third-order valence-electron chi connectivity index (χ3n) is 2.38. The molecule has 0 unspecified atom stereocenters. The van der Waals surface area contributed by atoms with Crippen LogP contribution in [0, 0.1) is 10.1 Å². The Labute approximate surface area is 109 Å². The molecule has 0 atom stereocenters. The van der Waals surface area contributed by atoms with Crippen molar-refractivity contribution in [3.8, 4) is 0 Å². The van der Waals surface area contributed by atoms with Gasteiger partial charge in [-0.2, -0.15) is 0 Å². The maximum Gasteiger partial charge on any atom is 0.310 e. The van der Waals surface area contributed by atoms with Crippen LogP contribution in [0.1, 0.15) is 5.56 Å². The van der Waals surface area contributed by atoms with E-state index in [1.807, 2.05) is 12.1 Å². The van der Waals surface area contributed by atoms with E-state index in [0.717, 1.165) is 5.56 Å². The Morgan fingerprint density at radius 1 is 1.33 bits per heavy atom. The molecule has 1 aromatic carbocycles. The number of pyridine rings is 1. The summed E-state index contributed by atoms with van der Waals surface area (Å²) in [7, 11) is 0. The first-order valence-electron chi connectivity index (χ1n) is 5.24. The molecule has 1 heterocycles. The van der Waals surface area contributed by atoms with E-state index in [9.17, 15) is 10.1 Å². The molecular weight excluding hydrogens is 254 g/mol. The van der Waals surface area contributed by atoms with Gasteiger partial charge in [-0.15, -0.1) is 0 Å². The second kappa shape index (κ2) is 5.46. The van der Waals surface area contributed by atoms with Crippen molar-refractivity contribution in [1.29, 1.82) is 0 Å². The van der Waals surface area contributed by atoms with Gasteiger partial charge in [0.05, 0.1) is 4.92 Å². The first-order valence-corrected chi connectivity index (χ1v) is 5.62. The zero-order chi connectivity index (χ0) is 13.0. The molecule has 1 aromatic heterocycles. The molecule has 1 N–H and O–H groups in total. The van der Waals surface area contributed by atoms with Crippen molar-refractivity contribution in [3.63, 3.8) is 0 Å². The van der Waals surface area contributed by atoms with Crippen LogP contribution in [0.5, 0.6) is 0 Å². The highest BCUT2D eigenvalue weighted by Crippen LogP contribution is 2.32. The number of rotatable bonds is 4. The van der Waals surface area contributed by atoms with Crippen molar-refractivity contribution in [2.45, 2.75) is 6.54 Å². The van der Waals surface area contributed by atoms with Gasteiger partial charge < -0.3 is 5.32 Å². The average Bonchev–Trinajstić information content (AvgIpc) is 2.37. The fraction of sp³-hybridized carbons (Fsp3) is 0.0833. The number of nitro groups is 1. The number of nitrogens with one attached hydrogen (secondary N) is 1. The molecule has 0 aliphatic heterocycles. The third kappa shape index (κ3) is 2.75. The second-order valence-electron chi connectivity index (χ2n) is 3.61. The summed E-state index contributed by atoms with van der Waals surface area (Å²) >= 11 is 5.81. The molecule has 0 fully saturated rings. The zero-order valence-corrected chi connectivity index (χ0v) is 10.1. The smallest absolute Gasteiger partial charge is 0.310 e. The minimum absolute atomic E-state index is 0.108. The van der Waals surface area contributed by atoms with Gasteiger partial charge in [0.25, 0.3) is 0 Å². The fourth-order valence-corrected chi connectivity index (χ4v) is 1.79. The molecular formula is C12H10ClN3O2. The molecule has 0 saturated carbocycles. The van der Waals surface area contributed by atoms with E-state index in [1.54, 1.807) is 24.5 Å². The number of para-hydroxylation sites is 1. The number of anilines is 1. The van der Waals surface area contributed by atoms with Gasteiger partial charge in [0.2, 0.25) is 0 Å². The second-order valence-corrected chi connectivity index (χ2v) is 4.02. The van der Waals surface area contributed by atoms with Gasteiger partial charge in [0.15, 0.2) is 0 Å². The van der Waals surface area contributed by atoms with Crippen molar-refractivity contribution < 1.29 is 4.92 Å². The molecule has 0 bridgehead atoms. The first-order chi connectivity index (χ1) is 8.68. The molecule has 0 spiro atoms. The van der Waals surface area contributed by atoms with E-state index in [1.165, 1.54) is 6.07 Å². The number of benzene rings is 1. The van der Waals surface area contributed by atoms with Crippen LogP contribution >= 0.6 is 11.6 Å². The highest BCUT2D eigenvalue weighted by molar-refractivity contribution is 6.33. The van der Waals surface area contributed by atoms with Crippen LogP contribution in [0.4, 0.5) is 11.4 Å². The van der Waals surface area contributed by atoms with Gasteiger partial charge in [0.1, 0.15) is 10.7 Å². The van der Waals surface area contributed by atoms with Crippen LogP contribution in [-0.2, 0) is 6.54 Å². The average molecular weight is 264 g/mol. The lowest BCUT2D eigenvalue weighted by Crippen LogP contribution is -2.03. The van der Waals surface area contributed by atoms with Gasteiger partial charge >= 0.3 is 5.69 Å². The van der Waals surface area contributed by atoms with E-state index < -0.39 is 4.92 Å². The molecule has 6 heteroatoms. The normalized spacial score (nSPS) is 10.1. The van der Waals surface area contributed by atoms with Crippen LogP contribution in [0.15, 0.2) is 42.7 Å². The number of hydrogen-bond acceptors (Lipinski definition) is 4. The van der Waals surface area contributed by atoms with Crippen LogP contribution in [-0.4, -0.2) is 9.91 Å². The molecule has 18 heavy (non-hydrogen) atoms. The number of halogens is 1. The fourth-order valence-electron chi connectivity index (χ4n) is 1.54. The third-order valence-corrected chi connectivity index (χ3v) is 2.68. The van der Waals surface area contributed by atoms with Crippen LogP contribution in [0.25, 0.3) is 0 Å². The SMILES string of the molecule is O=[N+]([O-])c1c(Cl)cccc1NCc1cccnc1. The Balaban J connectivity index is 2.20. The van der Waals surface area contributed by atoms with Crippen molar-refractivity contribution in [1.82, 2.24) is 4.98 Å². The summed E-state index contributed by atoms with van der Waals surface area (Å²) in [6.07, 6.45) is 3.37. The molecule has 2 rings (SSSR count). The van der Waals surface area contributed by atoms with Gasteiger partial charge in [0, 0.05) is 18.9 Å². The highest BCUT2D eigenvalue weighted by atomic mass is 35.5. The summed E-state index contributed by atoms with van der Waals surface area (Å²) in [5, 5.41) is 14.0. The van der Waals surface area contributed by atoms with E-state index in [0.29, 0.717) is 12.2 Å². The van der Waals surface area contributed by atoms with Crippen LogP contribution < -0.4 is 5.32 Å². The molecule has 0 aliphatic carbocycles. The quantitative estimate of drug-likeness (QED) is 0.679. The molecule has 92 valence electrons. The molecule has 0 aliphatic rings. The summed E-state index contributed by atoms with van der Waals surface area (Å²) < 4.78 is 0. The maximum atomic E-state index is 10.9. The van der Waals surface area contributed by atoms with Crippen molar-refractivity contribution in [2.75, 3.05) is 5.32 Å². The summed E-state index contributed by atoms with van der Waals surface area (Å²) in [5.41, 5.74) is 1.23. The monoisotopic (exact) mass is 263 g/mol. The largest absolute Gasteiger partial charge is 0.375 e. The topological polar surface area (TPSA) is 68.1 Å². The van der Waals surface area contributed by atoms with E-state index in [-0.39, 0.29) is 10.7 Å². The predicted octanol–water partition coefficient (Wildman–Crippen LogP) is 3.26. The van der Waals surface area contributed by atoms with Crippen LogP contribution in [0.3, 0.4) is 0 Å². The number of nitrogens with zero attached hydrogens (tertiary/aromatic N) is 2. The summed E-state index contributed by atoms with van der Waals surface area (Å²) in [4.78, 5) is 14.4. The summed E-state index contributed by atoms with van der Waals surface area (Å²) in [6, 6.07) is 8.48. The van der Waals surface area contributed by atoms with E-state index in [4.69, 9.17) is 11.6 Å². The Hall–Kier alpha value is -2.14. The Morgan fingerprint density at radius 3 is 2.83 bits per heavy atom. The van der Waals surface area contributed by atoms with Gasteiger partial charge in [-0.3, -0.25) is 15.1 Å². The van der Waals surface area contributed by atoms with E-state index >= 15 is 0 Å². The van der Waals surface area contributed by atoms with Crippen molar-refractivity contribution >= 4 is 23.0 Å². The number of hydrogen-bond donors (Lipinski definition) is 1. The standard InChI is InChI=1S/C12H10ClN3O2/c13-10-4-1-5-11(12(10)16(17)18)15-8-9-3-2-6-14-7-9/h1-7,15H,8H2. The molecule has 0 amide bonds. The lowest BCUT2D eigenvalue weighted by molar-refractivity contribution is -0.383. The van der Waals surface area contributed by atoms with Gasteiger partial charge in [-0.05, 0) is 23.8 Å². The lowest BCUT2D eigenvalue weighted by atomic mass is 10.2. The molecule has 2 aromatic rings. The summed E-state index contributed by atoms with van der Waals surface area (Å²) in [5.74, 6) is 0. The lowest BCUT2D eigenvalue weighted by Gasteiger charge is -2.07. The molecule has 0 saturated heterocycles. The first kappa shape index (κ1) is 12.3. The van der Waals surface area contributed by atoms with Gasteiger partial charge in [-0.25, -0.2) is 0 Å². The molecule has 0 radical (unpaired) electrons. The predicted molar refractivity (Wildman–Crippen MR) is 69.7 cm³/mol. The zero-order valence-electron chi connectivity index (χ0n) is 9.34. The van der Waals surface area contributed by atoms with E-state index in [2.05, 4.69) is 10.3 Å². The highest BCUT2D eigenvalue weighted by Gasteiger charge is 2.17. The minimum atomic E-state index is -0.492. The number of nitro benzene ring substituents is 1. The van der Waals surface area contributed by atoms with Gasteiger partial charge in [-0.1, -0.05) is 23.7 Å².